The zero-order chi connectivity index (χ0) is 16.3. The number of carbonyl (C=O) groups excluding carboxylic acids is 3. The highest BCUT2D eigenvalue weighted by molar-refractivity contribution is 5.99. The molecule has 0 radical (unpaired) electrons. The first-order chi connectivity index (χ1) is 10.5. The van der Waals surface area contributed by atoms with Gasteiger partial charge in [0.15, 0.2) is 0 Å². The maximum atomic E-state index is 12.3. The van der Waals surface area contributed by atoms with E-state index in [-0.39, 0.29) is 30.6 Å². The number of amides is 3. The van der Waals surface area contributed by atoms with E-state index < -0.39 is 10.8 Å². The number of rotatable bonds is 6. The standard InChI is InChI=1S/C14H15N3O5/c1-9(5-6-13(19)15-8-18)16-7-11-10(14(16)20)3-2-4-12(11)17(21)22/h2-4,8-9H,5-7H2,1H3,(H,15,18,19). The third-order valence-electron chi connectivity index (χ3n) is 3.71. The number of nitro groups is 1. The number of imide groups is 1. The van der Waals surface area contributed by atoms with Gasteiger partial charge in [0.2, 0.25) is 12.3 Å². The van der Waals surface area contributed by atoms with Gasteiger partial charge in [0.25, 0.3) is 11.6 Å². The maximum Gasteiger partial charge on any atom is 0.275 e. The normalized spacial score (nSPS) is 14.4. The van der Waals surface area contributed by atoms with Gasteiger partial charge in [0.1, 0.15) is 0 Å². The predicted octanol–water partition coefficient (Wildman–Crippen LogP) is 0.992. The SMILES string of the molecule is CC(CCC(=O)NC=O)N1Cc2c(cccc2[N+](=O)[O-])C1=O. The molecule has 22 heavy (non-hydrogen) atoms. The molecule has 1 N–H and O–H groups in total. The van der Waals surface area contributed by atoms with Gasteiger partial charge in [-0.15, -0.1) is 0 Å². The van der Waals surface area contributed by atoms with Gasteiger partial charge in [-0.3, -0.25) is 29.8 Å². The van der Waals surface area contributed by atoms with Crippen LogP contribution >= 0.6 is 0 Å². The van der Waals surface area contributed by atoms with Crippen molar-refractivity contribution in [3.63, 3.8) is 0 Å². The minimum absolute atomic E-state index is 0.0701. The molecule has 2 rings (SSSR count). The lowest BCUT2D eigenvalue weighted by atomic mass is 10.1. The lowest BCUT2D eigenvalue weighted by molar-refractivity contribution is -0.385. The molecule has 0 fully saturated rings. The predicted molar refractivity (Wildman–Crippen MR) is 75.9 cm³/mol. The second-order valence-corrected chi connectivity index (χ2v) is 5.07. The molecule has 1 aromatic rings. The zero-order valence-corrected chi connectivity index (χ0v) is 11.9. The molecular formula is C14H15N3O5. The van der Waals surface area contributed by atoms with Crippen molar-refractivity contribution in [2.45, 2.75) is 32.4 Å². The van der Waals surface area contributed by atoms with Gasteiger partial charge in [0, 0.05) is 18.5 Å². The molecule has 8 heteroatoms. The van der Waals surface area contributed by atoms with Crippen LogP contribution in [0.4, 0.5) is 5.69 Å². The average Bonchev–Trinajstić information content (AvgIpc) is 2.82. The Balaban J connectivity index is 2.11. The Kier molecular flexibility index (Phi) is 4.50. The van der Waals surface area contributed by atoms with Gasteiger partial charge < -0.3 is 4.90 Å². The maximum absolute atomic E-state index is 12.3. The molecule has 3 amide bonds. The van der Waals surface area contributed by atoms with Crippen molar-refractivity contribution in [2.75, 3.05) is 0 Å². The summed E-state index contributed by atoms with van der Waals surface area (Å²) in [6.45, 7) is 1.92. The molecular weight excluding hydrogens is 290 g/mol. The van der Waals surface area contributed by atoms with Gasteiger partial charge in [-0.05, 0) is 19.4 Å². The molecule has 1 atom stereocenters. The van der Waals surface area contributed by atoms with E-state index in [1.807, 2.05) is 5.32 Å². The van der Waals surface area contributed by atoms with Gasteiger partial charge in [-0.25, -0.2) is 0 Å². The molecule has 1 aliphatic heterocycles. The number of nitrogens with zero attached hydrogens (tertiary/aromatic N) is 2. The fourth-order valence-electron chi connectivity index (χ4n) is 2.50. The highest BCUT2D eigenvalue weighted by atomic mass is 16.6. The van der Waals surface area contributed by atoms with Gasteiger partial charge >= 0.3 is 0 Å². The van der Waals surface area contributed by atoms with Gasteiger partial charge in [-0.2, -0.15) is 0 Å². The number of hydrogen-bond acceptors (Lipinski definition) is 5. The first-order valence-electron chi connectivity index (χ1n) is 6.76. The average molecular weight is 305 g/mol. The lowest BCUT2D eigenvalue weighted by Crippen LogP contribution is -2.34. The molecule has 1 aromatic carbocycles. The molecule has 0 bridgehead atoms. The molecule has 0 aromatic heterocycles. The topological polar surface area (TPSA) is 110 Å². The highest BCUT2D eigenvalue weighted by Crippen LogP contribution is 2.32. The number of nitro benzene ring substituents is 1. The summed E-state index contributed by atoms with van der Waals surface area (Å²) in [5.74, 6) is -0.695. The fourth-order valence-corrected chi connectivity index (χ4v) is 2.50. The third kappa shape index (κ3) is 2.95. The Morgan fingerprint density at radius 2 is 2.27 bits per heavy atom. The van der Waals surface area contributed by atoms with E-state index in [1.54, 1.807) is 13.0 Å². The van der Waals surface area contributed by atoms with E-state index in [0.29, 0.717) is 24.0 Å². The highest BCUT2D eigenvalue weighted by Gasteiger charge is 2.35. The molecule has 0 spiro atoms. The van der Waals surface area contributed by atoms with Crippen molar-refractivity contribution in [3.8, 4) is 0 Å². The van der Waals surface area contributed by atoms with E-state index in [4.69, 9.17) is 0 Å². The van der Waals surface area contributed by atoms with Crippen molar-refractivity contribution in [3.05, 3.63) is 39.4 Å². The zero-order valence-electron chi connectivity index (χ0n) is 11.9. The smallest absolute Gasteiger partial charge is 0.275 e. The van der Waals surface area contributed by atoms with Crippen LogP contribution in [0.15, 0.2) is 18.2 Å². The summed E-state index contributed by atoms with van der Waals surface area (Å²) < 4.78 is 0. The second kappa shape index (κ2) is 6.33. The van der Waals surface area contributed by atoms with E-state index in [9.17, 15) is 24.5 Å². The largest absolute Gasteiger partial charge is 0.331 e. The minimum Gasteiger partial charge on any atom is -0.331 e. The lowest BCUT2D eigenvalue weighted by Gasteiger charge is -2.23. The summed E-state index contributed by atoms with van der Waals surface area (Å²) in [6, 6.07) is 4.16. The van der Waals surface area contributed by atoms with E-state index in [0.717, 1.165) is 0 Å². The van der Waals surface area contributed by atoms with Crippen LogP contribution in [0.5, 0.6) is 0 Å². The van der Waals surface area contributed by atoms with Crippen LogP contribution in [0.25, 0.3) is 0 Å². The molecule has 1 heterocycles. The van der Waals surface area contributed by atoms with E-state index >= 15 is 0 Å². The number of fused-ring (bicyclic) bond motifs is 1. The van der Waals surface area contributed by atoms with E-state index in [2.05, 4.69) is 0 Å². The summed E-state index contributed by atoms with van der Waals surface area (Å²) in [4.78, 5) is 45.8. The van der Waals surface area contributed by atoms with Crippen molar-refractivity contribution < 1.29 is 19.3 Å². The Hall–Kier alpha value is -2.77. The third-order valence-corrected chi connectivity index (χ3v) is 3.71. The molecule has 116 valence electrons. The first-order valence-corrected chi connectivity index (χ1v) is 6.76. The van der Waals surface area contributed by atoms with Crippen molar-refractivity contribution in [2.24, 2.45) is 0 Å². The Morgan fingerprint density at radius 3 is 2.91 bits per heavy atom. The number of nitrogens with one attached hydrogen (secondary N) is 1. The summed E-state index contributed by atoms with van der Waals surface area (Å²) in [5.41, 5.74) is 0.666. The van der Waals surface area contributed by atoms with Crippen LogP contribution < -0.4 is 5.32 Å². The fraction of sp³-hybridized carbons (Fsp3) is 0.357. The molecule has 1 aliphatic rings. The molecule has 0 aliphatic carbocycles. The van der Waals surface area contributed by atoms with Crippen LogP contribution in [0.2, 0.25) is 0 Å². The van der Waals surface area contributed by atoms with Crippen LogP contribution in [-0.2, 0) is 16.1 Å². The van der Waals surface area contributed by atoms with Crippen molar-refractivity contribution >= 4 is 23.9 Å². The van der Waals surface area contributed by atoms with Crippen LogP contribution in [0, 0.1) is 10.1 Å². The number of hydrogen-bond donors (Lipinski definition) is 1. The summed E-state index contributed by atoms with van der Waals surface area (Å²) in [6.07, 6.45) is 0.780. The molecule has 1 unspecified atom stereocenters. The minimum atomic E-state index is -0.502. The van der Waals surface area contributed by atoms with Gasteiger partial charge in [-0.1, -0.05) is 6.07 Å². The van der Waals surface area contributed by atoms with Gasteiger partial charge in [0.05, 0.1) is 22.6 Å². The van der Waals surface area contributed by atoms with Crippen LogP contribution in [0.1, 0.15) is 35.7 Å². The molecule has 0 saturated carbocycles. The Morgan fingerprint density at radius 1 is 1.55 bits per heavy atom. The molecule has 8 nitrogen and oxygen atoms in total. The quantitative estimate of drug-likeness (QED) is 0.479. The Bertz CT molecular complexity index is 643. The second-order valence-electron chi connectivity index (χ2n) is 5.07. The number of benzene rings is 1. The molecule has 0 saturated heterocycles. The van der Waals surface area contributed by atoms with Crippen LogP contribution in [-0.4, -0.2) is 34.1 Å². The van der Waals surface area contributed by atoms with Crippen molar-refractivity contribution in [1.82, 2.24) is 10.2 Å². The van der Waals surface area contributed by atoms with Crippen LogP contribution in [0.3, 0.4) is 0 Å². The first kappa shape index (κ1) is 15.6. The van der Waals surface area contributed by atoms with Crippen molar-refractivity contribution in [1.29, 1.82) is 0 Å². The van der Waals surface area contributed by atoms with E-state index in [1.165, 1.54) is 17.0 Å². The number of carbonyl (C=O) groups is 3. The summed E-state index contributed by atoms with van der Waals surface area (Å²) >= 11 is 0. The summed E-state index contributed by atoms with van der Waals surface area (Å²) in [7, 11) is 0. The Labute approximate surface area is 126 Å². The summed E-state index contributed by atoms with van der Waals surface area (Å²) in [5, 5.41) is 13.1. The monoisotopic (exact) mass is 305 g/mol.